The Bertz CT molecular complexity index is 201. The standard InChI is InChI=1S/C10H17NO2/c1-13-10(12)11-7-3-2-4-9(11)8-5-6-8/h8-9H,2-7H2,1H3. The molecule has 1 saturated carbocycles. The number of likely N-dealkylation sites (tertiary alicyclic amines) is 1. The van der Waals surface area contributed by atoms with Crippen LogP contribution in [0.4, 0.5) is 4.79 Å². The van der Waals surface area contributed by atoms with Gasteiger partial charge in [-0.2, -0.15) is 0 Å². The third-order valence-electron chi connectivity index (χ3n) is 3.12. The number of carbonyl (C=O) groups is 1. The first kappa shape index (κ1) is 8.85. The summed E-state index contributed by atoms with van der Waals surface area (Å²) in [6.45, 7) is 0.897. The average Bonchev–Trinajstić information content (AvgIpc) is 3.00. The number of piperidine rings is 1. The van der Waals surface area contributed by atoms with E-state index in [0.29, 0.717) is 6.04 Å². The topological polar surface area (TPSA) is 29.5 Å². The Morgan fingerprint density at radius 1 is 1.31 bits per heavy atom. The largest absolute Gasteiger partial charge is 0.453 e. The second-order valence-corrected chi connectivity index (χ2v) is 4.06. The summed E-state index contributed by atoms with van der Waals surface area (Å²) in [5.41, 5.74) is 0. The van der Waals surface area contributed by atoms with E-state index in [0.717, 1.165) is 18.9 Å². The highest BCUT2D eigenvalue weighted by Gasteiger charge is 2.38. The van der Waals surface area contributed by atoms with Crippen LogP contribution in [0.5, 0.6) is 0 Å². The van der Waals surface area contributed by atoms with Gasteiger partial charge in [0.05, 0.1) is 7.11 Å². The van der Waals surface area contributed by atoms with E-state index >= 15 is 0 Å². The van der Waals surface area contributed by atoms with Crippen molar-refractivity contribution in [2.24, 2.45) is 5.92 Å². The molecule has 3 heteroatoms. The van der Waals surface area contributed by atoms with Gasteiger partial charge in [-0.3, -0.25) is 0 Å². The molecule has 0 radical (unpaired) electrons. The van der Waals surface area contributed by atoms with E-state index in [1.807, 2.05) is 4.90 Å². The third-order valence-corrected chi connectivity index (χ3v) is 3.12. The van der Waals surface area contributed by atoms with Crippen LogP contribution in [0.15, 0.2) is 0 Å². The van der Waals surface area contributed by atoms with Gasteiger partial charge < -0.3 is 9.64 Å². The summed E-state index contributed by atoms with van der Waals surface area (Å²) in [5, 5.41) is 0. The van der Waals surface area contributed by atoms with E-state index in [4.69, 9.17) is 4.74 Å². The molecule has 0 N–H and O–H groups in total. The lowest BCUT2D eigenvalue weighted by atomic mass is 9.99. The quantitative estimate of drug-likeness (QED) is 0.622. The third kappa shape index (κ3) is 1.79. The van der Waals surface area contributed by atoms with Crippen LogP contribution in [-0.4, -0.2) is 30.7 Å². The van der Waals surface area contributed by atoms with Gasteiger partial charge in [0.2, 0.25) is 0 Å². The van der Waals surface area contributed by atoms with Gasteiger partial charge >= 0.3 is 6.09 Å². The lowest BCUT2D eigenvalue weighted by molar-refractivity contribution is 0.0829. The zero-order valence-corrected chi connectivity index (χ0v) is 8.16. The molecule has 1 heterocycles. The number of nitrogens with zero attached hydrogens (tertiary/aromatic N) is 1. The number of rotatable bonds is 1. The predicted molar refractivity (Wildman–Crippen MR) is 49.5 cm³/mol. The SMILES string of the molecule is COC(=O)N1CCCCC1C1CC1. The van der Waals surface area contributed by atoms with Crippen molar-refractivity contribution in [3.8, 4) is 0 Å². The summed E-state index contributed by atoms with van der Waals surface area (Å²) < 4.78 is 4.78. The van der Waals surface area contributed by atoms with Gasteiger partial charge in [0, 0.05) is 12.6 Å². The highest BCUT2D eigenvalue weighted by Crippen LogP contribution is 2.39. The van der Waals surface area contributed by atoms with Crippen molar-refractivity contribution in [1.29, 1.82) is 0 Å². The second kappa shape index (κ2) is 3.56. The summed E-state index contributed by atoms with van der Waals surface area (Å²) in [5.74, 6) is 0.777. The average molecular weight is 183 g/mol. The number of hydrogen-bond acceptors (Lipinski definition) is 2. The van der Waals surface area contributed by atoms with Gasteiger partial charge in [0.15, 0.2) is 0 Å². The molecule has 0 aromatic carbocycles. The fourth-order valence-corrected chi connectivity index (χ4v) is 2.27. The van der Waals surface area contributed by atoms with E-state index in [-0.39, 0.29) is 6.09 Å². The zero-order valence-electron chi connectivity index (χ0n) is 8.16. The van der Waals surface area contributed by atoms with Crippen molar-refractivity contribution in [2.75, 3.05) is 13.7 Å². The lowest BCUT2D eigenvalue weighted by Crippen LogP contribution is -2.44. The number of methoxy groups -OCH3 is 1. The fourth-order valence-electron chi connectivity index (χ4n) is 2.27. The lowest BCUT2D eigenvalue weighted by Gasteiger charge is -2.34. The van der Waals surface area contributed by atoms with Gasteiger partial charge in [-0.25, -0.2) is 4.79 Å². The van der Waals surface area contributed by atoms with E-state index < -0.39 is 0 Å². The number of carbonyl (C=O) groups excluding carboxylic acids is 1. The monoisotopic (exact) mass is 183 g/mol. The van der Waals surface area contributed by atoms with Crippen LogP contribution in [0.3, 0.4) is 0 Å². The molecule has 0 aromatic rings. The highest BCUT2D eigenvalue weighted by atomic mass is 16.5. The van der Waals surface area contributed by atoms with Gasteiger partial charge in [0.1, 0.15) is 0 Å². The summed E-state index contributed by atoms with van der Waals surface area (Å²) in [7, 11) is 1.47. The Labute approximate surface area is 79.0 Å². The first-order chi connectivity index (χ1) is 6.33. The highest BCUT2D eigenvalue weighted by molar-refractivity contribution is 5.68. The molecule has 13 heavy (non-hydrogen) atoms. The maximum Gasteiger partial charge on any atom is 0.409 e. The Hall–Kier alpha value is -0.730. The molecule has 1 aliphatic carbocycles. The molecule has 2 fully saturated rings. The van der Waals surface area contributed by atoms with E-state index in [1.165, 1.54) is 32.8 Å². The van der Waals surface area contributed by atoms with Crippen LogP contribution in [0.2, 0.25) is 0 Å². The van der Waals surface area contributed by atoms with Crippen molar-refractivity contribution in [3.05, 3.63) is 0 Å². The van der Waals surface area contributed by atoms with E-state index in [2.05, 4.69) is 0 Å². The molecule has 1 amide bonds. The van der Waals surface area contributed by atoms with Crippen LogP contribution in [-0.2, 0) is 4.74 Å². The summed E-state index contributed by atoms with van der Waals surface area (Å²) in [6, 6.07) is 0.487. The van der Waals surface area contributed by atoms with Crippen LogP contribution in [0.25, 0.3) is 0 Å². The van der Waals surface area contributed by atoms with Crippen molar-refractivity contribution in [1.82, 2.24) is 4.90 Å². The van der Waals surface area contributed by atoms with Crippen LogP contribution < -0.4 is 0 Å². The van der Waals surface area contributed by atoms with E-state index in [9.17, 15) is 4.79 Å². The molecule has 1 aliphatic heterocycles. The first-order valence-electron chi connectivity index (χ1n) is 5.17. The minimum Gasteiger partial charge on any atom is -0.453 e. The number of amides is 1. The number of hydrogen-bond donors (Lipinski definition) is 0. The minimum absolute atomic E-state index is 0.128. The van der Waals surface area contributed by atoms with Crippen LogP contribution in [0, 0.1) is 5.92 Å². The van der Waals surface area contributed by atoms with Gasteiger partial charge in [-0.1, -0.05) is 0 Å². The van der Waals surface area contributed by atoms with Crippen LogP contribution in [0.1, 0.15) is 32.1 Å². The van der Waals surface area contributed by atoms with Crippen molar-refractivity contribution < 1.29 is 9.53 Å². The predicted octanol–water partition coefficient (Wildman–Crippen LogP) is 2.02. The fraction of sp³-hybridized carbons (Fsp3) is 0.900. The molecule has 2 rings (SSSR count). The Kier molecular flexibility index (Phi) is 2.42. The van der Waals surface area contributed by atoms with Crippen molar-refractivity contribution in [3.63, 3.8) is 0 Å². The molecule has 1 unspecified atom stereocenters. The molecular formula is C10H17NO2. The number of ether oxygens (including phenoxy) is 1. The molecule has 1 atom stereocenters. The Morgan fingerprint density at radius 3 is 2.69 bits per heavy atom. The Morgan fingerprint density at radius 2 is 2.08 bits per heavy atom. The zero-order chi connectivity index (χ0) is 9.26. The molecular weight excluding hydrogens is 166 g/mol. The normalized spacial score (nSPS) is 28.7. The van der Waals surface area contributed by atoms with E-state index in [1.54, 1.807) is 0 Å². The summed E-state index contributed by atoms with van der Waals surface area (Å²) in [4.78, 5) is 13.3. The molecule has 74 valence electrons. The van der Waals surface area contributed by atoms with Gasteiger partial charge in [-0.05, 0) is 38.0 Å². The molecule has 2 aliphatic rings. The van der Waals surface area contributed by atoms with Crippen LogP contribution >= 0.6 is 0 Å². The van der Waals surface area contributed by atoms with Gasteiger partial charge in [0.25, 0.3) is 0 Å². The Balaban J connectivity index is 1.99. The molecule has 0 aromatic heterocycles. The summed E-state index contributed by atoms with van der Waals surface area (Å²) >= 11 is 0. The second-order valence-electron chi connectivity index (χ2n) is 4.06. The maximum atomic E-state index is 11.4. The molecule has 3 nitrogen and oxygen atoms in total. The molecule has 0 spiro atoms. The maximum absolute atomic E-state index is 11.4. The smallest absolute Gasteiger partial charge is 0.409 e. The first-order valence-corrected chi connectivity index (χ1v) is 5.17. The minimum atomic E-state index is -0.128. The molecule has 0 bridgehead atoms. The summed E-state index contributed by atoms with van der Waals surface area (Å²) in [6.07, 6.45) is 6.07. The van der Waals surface area contributed by atoms with Crippen molar-refractivity contribution >= 4 is 6.09 Å². The van der Waals surface area contributed by atoms with Crippen molar-refractivity contribution in [2.45, 2.75) is 38.1 Å². The van der Waals surface area contributed by atoms with Gasteiger partial charge in [-0.15, -0.1) is 0 Å². The molecule has 1 saturated heterocycles.